The number of hydrogen-bond donors (Lipinski definition) is 1. The van der Waals surface area contributed by atoms with E-state index in [1.165, 1.54) is 0 Å². The monoisotopic (exact) mass is 404 g/mol. The Labute approximate surface area is 165 Å². The summed E-state index contributed by atoms with van der Waals surface area (Å²) >= 11 is 12.7. The summed E-state index contributed by atoms with van der Waals surface area (Å²) in [6.45, 7) is 2.39. The van der Waals surface area contributed by atoms with Crippen LogP contribution in [0.5, 0.6) is 23.0 Å². The minimum Gasteiger partial charge on any atom is -0.491 e. The minimum absolute atomic E-state index is 0.0231. The van der Waals surface area contributed by atoms with Crippen molar-refractivity contribution >= 4 is 23.2 Å². The zero-order valence-corrected chi connectivity index (χ0v) is 15.7. The highest BCUT2D eigenvalue weighted by atomic mass is 35.5. The highest BCUT2D eigenvalue weighted by molar-refractivity contribution is 6.37. The standard InChI is InChI=1S/C19H14Cl2N2O4/c1-2-24-18-12(20)3-9(4-13(18)21)17-10-5-15-16(26-8-25-15)6-14(10)27-19(23)11(17)7-22/h3-6,17H,2,8,23H2,1H3/t17-/m1/s1. The van der Waals surface area contributed by atoms with E-state index >= 15 is 0 Å². The molecule has 6 nitrogen and oxygen atoms in total. The molecule has 4 rings (SSSR count). The van der Waals surface area contributed by atoms with E-state index in [1.807, 2.05) is 6.92 Å². The maximum atomic E-state index is 9.68. The molecule has 0 amide bonds. The van der Waals surface area contributed by atoms with Gasteiger partial charge >= 0.3 is 0 Å². The van der Waals surface area contributed by atoms with Crippen molar-refractivity contribution in [1.29, 1.82) is 5.26 Å². The van der Waals surface area contributed by atoms with E-state index in [0.29, 0.717) is 50.8 Å². The number of fused-ring (bicyclic) bond motifs is 2. The van der Waals surface area contributed by atoms with E-state index in [-0.39, 0.29) is 18.2 Å². The topological polar surface area (TPSA) is 86.7 Å². The van der Waals surface area contributed by atoms with Crippen LogP contribution in [0.4, 0.5) is 0 Å². The molecule has 0 bridgehead atoms. The Morgan fingerprint density at radius 2 is 1.81 bits per heavy atom. The molecule has 2 heterocycles. The maximum Gasteiger partial charge on any atom is 0.231 e. The van der Waals surface area contributed by atoms with Crippen LogP contribution in [0.15, 0.2) is 35.7 Å². The van der Waals surface area contributed by atoms with Crippen LogP contribution in [0.25, 0.3) is 0 Å². The molecule has 0 fully saturated rings. The lowest BCUT2D eigenvalue weighted by Gasteiger charge is -2.27. The lowest BCUT2D eigenvalue weighted by Crippen LogP contribution is -2.21. The zero-order chi connectivity index (χ0) is 19.1. The summed E-state index contributed by atoms with van der Waals surface area (Å²) in [7, 11) is 0. The van der Waals surface area contributed by atoms with Crippen molar-refractivity contribution in [2.24, 2.45) is 5.73 Å². The quantitative estimate of drug-likeness (QED) is 0.818. The molecule has 0 spiro atoms. The SMILES string of the molecule is CCOc1c(Cl)cc([C@H]2C(C#N)=C(N)Oc3cc4c(cc32)OCO4)cc1Cl. The predicted octanol–water partition coefficient (Wildman–Crippen LogP) is 4.34. The third-order valence-corrected chi connectivity index (χ3v) is 4.91. The number of nitriles is 1. The van der Waals surface area contributed by atoms with Crippen molar-refractivity contribution in [1.82, 2.24) is 0 Å². The van der Waals surface area contributed by atoms with Crippen molar-refractivity contribution < 1.29 is 18.9 Å². The van der Waals surface area contributed by atoms with Crippen molar-refractivity contribution in [3.63, 3.8) is 0 Å². The first-order chi connectivity index (χ1) is 13.0. The van der Waals surface area contributed by atoms with Crippen LogP contribution >= 0.6 is 23.2 Å². The van der Waals surface area contributed by atoms with Gasteiger partial charge in [-0.2, -0.15) is 5.26 Å². The molecule has 8 heteroatoms. The van der Waals surface area contributed by atoms with Gasteiger partial charge < -0.3 is 24.7 Å². The van der Waals surface area contributed by atoms with Crippen molar-refractivity contribution in [2.75, 3.05) is 13.4 Å². The summed E-state index contributed by atoms with van der Waals surface area (Å²) in [5.74, 6) is 1.53. The maximum absolute atomic E-state index is 9.68. The van der Waals surface area contributed by atoms with Crippen LogP contribution in [0, 0.1) is 11.3 Å². The van der Waals surface area contributed by atoms with Gasteiger partial charge in [0.1, 0.15) is 17.4 Å². The molecule has 1 atom stereocenters. The number of rotatable bonds is 3. The Morgan fingerprint density at radius 3 is 2.44 bits per heavy atom. The first-order valence-electron chi connectivity index (χ1n) is 8.16. The van der Waals surface area contributed by atoms with Crippen molar-refractivity contribution in [2.45, 2.75) is 12.8 Å². The van der Waals surface area contributed by atoms with Crippen molar-refractivity contribution in [3.05, 3.63) is 56.9 Å². The number of hydrogen-bond acceptors (Lipinski definition) is 6. The number of halogens is 2. The van der Waals surface area contributed by atoms with Gasteiger partial charge in [0.15, 0.2) is 17.2 Å². The van der Waals surface area contributed by atoms with Crippen LogP contribution < -0.4 is 24.7 Å². The molecule has 2 aliphatic heterocycles. The van der Waals surface area contributed by atoms with E-state index in [4.69, 9.17) is 47.9 Å². The van der Waals surface area contributed by atoms with Gasteiger partial charge in [-0.1, -0.05) is 23.2 Å². The van der Waals surface area contributed by atoms with Crippen LogP contribution in [0.3, 0.4) is 0 Å². The zero-order valence-electron chi connectivity index (χ0n) is 14.2. The van der Waals surface area contributed by atoms with E-state index in [1.54, 1.807) is 24.3 Å². The van der Waals surface area contributed by atoms with E-state index in [0.717, 1.165) is 0 Å². The van der Waals surface area contributed by atoms with Gasteiger partial charge in [-0.05, 0) is 30.7 Å². The van der Waals surface area contributed by atoms with Gasteiger partial charge in [-0.3, -0.25) is 0 Å². The molecule has 2 aromatic rings. The first-order valence-corrected chi connectivity index (χ1v) is 8.92. The smallest absolute Gasteiger partial charge is 0.231 e. The molecule has 27 heavy (non-hydrogen) atoms. The fourth-order valence-electron chi connectivity index (χ4n) is 3.22. The fraction of sp³-hybridized carbons (Fsp3) is 0.211. The molecule has 0 radical (unpaired) electrons. The molecule has 0 aliphatic carbocycles. The van der Waals surface area contributed by atoms with Gasteiger partial charge in [-0.15, -0.1) is 0 Å². The van der Waals surface area contributed by atoms with Crippen molar-refractivity contribution in [3.8, 4) is 29.1 Å². The molecule has 2 aliphatic rings. The lowest BCUT2D eigenvalue weighted by atomic mass is 9.83. The lowest BCUT2D eigenvalue weighted by molar-refractivity contribution is 0.174. The Bertz CT molecular complexity index is 990. The van der Waals surface area contributed by atoms with Gasteiger partial charge in [0.2, 0.25) is 12.7 Å². The molecular weight excluding hydrogens is 391 g/mol. The average Bonchev–Trinajstić information content (AvgIpc) is 3.09. The Hall–Kier alpha value is -2.75. The van der Waals surface area contributed by atoms with E-state index in [9.17, 15) is 5.26 Å². The number of ether oxygens (including phenoxy) is 4. The van der Waals surface area contributed by atoms with Crippen LogP contribution in [0.2, 0.25) is 10.0 Å². The second kappa shape index (κ2) is 6.76. The summed E-state index contributed by atoms with van der Waals surface area (Å²) in [4.78, 5) is 0. The highest BCUT2D eigenvalue weighted by Gasteiger charge is 2.34. The second-order valence-corrected chi connectivity index (χ2v) is 6.73. The average molecular weight is 405 g/mol. The molecule has 0 saturated carbocycles. The number of nitrogens with zero attached hydrogens (tertiary/aromatic N) is 1. The van der Waals surface area contributed by atoms with Gasteiger partial charge in [0, 0.05) is 11.6 Å². The molecule has 2 aromatic carbocycles. The number of nitrogens with two attached hydrogens (primary N) is 1. The summed E-state index contributed by atoms with van der Waals surface area (Å²) in [5.41, 5.74) is 7.67. The predicted molar refractivity (Wildman–Crippen MR) is 99.5 cm³/mol. The van der Waals surface area contributed by atoms with Crippen LogP contribution in [-0.4, -0.2) is 13.4 Å². The van der Waals surface area contributed by atoms with E-state index in [2.05, 4.69) is 6.07 Å². The summed E-state index contributed by atoms with van der Waals surface area (Å²) in [6, 6.07) is 9.04. The Balaban J connectivity index is 1.90. The third kappa shape index (κ3) is 2.89. The molecule has 0 saturated heterocycles. The number of allylic oxidation sites excluding steroid dienone is 1. The number of benzene rings is 2. The van der Waals surface area contributed by atoms with Gasteiger partial charge in [0.05, 0.1) is 22.6 Å². The highest BCUT2D eigenvalue weighted by Crippen LogP contribution is 2.49. The van der Waals surface area contributed by atoms with Crippen LogP contribution in [0.1, 0.15) is 24.0 Å². The Morgan fingerprint density at radius 1 is 1.15 bits per heavy atom. The molecule has 0 unspecified atom stereocenters. The molecule has 2 N–H and O–H groups in total. The normalized spacial score (nSPS) is 17.2. The Kier molecular flexibility index (Phi) is 4.42. The molecular formula is C19H14Cl2N2O4. The summed E-state index contributed by atoms with van der Waals surface area (Å²) in [6.07, 6.45) is 0. The van der Waals surface area contributed by atoms with Crippen LogP contribution in [-0.2, 0) is 0 Å². The minimum atomic E-state index is -0.515. The fourth-order valence-corrected chi connectivity index (χ4v) is 3.83. The summed E-state index contributed by atoms with van der Waals surface area (Å²) < 4.78 is 22.0. The van der Waals surface area contributed by atoms with Gasteiger partial charge in [0.25, 0.3) is 0 Å². The summed E-state index contributed by atoms with van der Waals surface area (Å²) in [5, 5.41) is 10.4. The first kappa shape index (κ1) is 17.7. The second-order valence-electron chi connectivity index (χ2n) is 5.91. The molecule has 0 aromatic heterocycles. The third-order valence-electron chi connectivity index (χ3n) is 4.35. The van der Waals surface area contributed by atoms with E-state index < -0.39 is 5.92 Å². The van der Waals surface area contributed by atoms with Gasteiger partial charge in [-0.25, -0.2) is 0 Å². The largest absolute Gasteiger partial charge is 0.491 e. The molecule has 138 valence electrons.